The van der Waals surface area contributed by atoms with Crippen LogP contribution < -0.4 is 14.8 Å². The van der Waals surface area contributed by atoms with Crippen LogP contribution in [0.15, 0.2) is 60.7 Å². The lowest BCUT2D eigenvalue weighted by Crippen LogP contribution is -2.32. The number of aryl methyl sites for hydroxylation is 1. The highest BCUT2D eigenvalue weighted by Crippen LogP contribution is 2.20. The van der Waals surface area contributed by atoms with Crippen molar-refractivity contribution in [3.63, 3.8) is 0 Å². The van der Waals surface area contributed by atoms with Gasteiger partial charge >= 0.3 is 0 Å². The lowest BCUT2D eigenvalue weighted by molar-refractivity contribution is -0.122. The van der Waals surface area contributed by atoms with Gasteiger partial charge in [-0.1, -0.05) is 31.7 Å². The molecule has 1 N–H and O–H groups in total. The van der Waals surface area contributed by atoms with Crippen LogP contribution in [-0.4, -0.2) is 18.6 Å². The zero-order chi connectivity index (χ0) is 18.2. The summed E-state index contributed by atoms with van der Waals surface area (Å²) in [5, 5.41) is 2.89. The molecule has 0 heterocycles. The quantitative estimate of drug-likeness (QED) is 0.706. The minimum absolute atomic E-state index is 0.165. The van der Waals surface area contributed by atoms with E-state index in [-0.39, 0.29) is 5.91 Å². The second-order valence-electron chi connectivity index (χ2n) is 6.04. The van der Waals surface area contributed by atoms with Gasteiger partial charge in [-0.15, -0.1) is 0 Å². The highest BCUT2D eigenvalue weighted by atomic mass is 16.5. The van der Waals surface area contributed by atoms with E-state index in [9.17, 15) is 4.79 Å². The van der Waals surface area contributed by atoms with Crippen LogP contribution in [0.3, 0.4) is 0 Å². The monoisotopic (exact) mass is 339 g/mol. The van der Waals surface area contributed by atoms with E-state index in [0.717, 1.165) is 22.6 Å². The van der Waals surface area contributed by atoms with Crippen molar-refractivity contribution in [3.8, 4) is 11.5 Å². The molecule has 0 aliphatic rings. The molecule has 4 nitrogen and oxygen atoms in total. The molecule has 25 heavy (non-hydrogen) atoms. The van der Waals surface area contributed by atoms with Gasteiger partial charge in [0, 0.05) is 5.69 Å². The van der Waals surface area contributed by atoms with Gasteiger partial charge in [-0.2, -0.15) is 0 Å². The van der Waals surface area contributed by atoms with Crippen molar-refractivity contribution in [1.82, 2.24) is 0 Å². The van der Waals surface area contributed by atoms with Gasteiger partial charge in [0.25, 0.3) is 5.91 Å². The molecule has 2 aromatic rings. The number of hydrogen-bond donors (Lipinski definition) is 1. The Balaban J connectivity index is 1.97. The molecule has 0 saturated heterocycles. The van der Waals surface area contributed by atoms with Crippen LogP contribution in [0.1, 0.15) is 25.8 Å². The Kier molecular flexibility index (Phi) is 6.63. The number of anilines is 1. The molecule has 0 fully saturated rings. The number of para-hydroxylation sites is 1. The minimum atomic E-state index is -0.541. The molecule has 1 amide bonds. The van der Waals surface area contributed by atoms with E-state index in [1.165, 1.54) is 0 Å². The number of nitrogens with one attached hydrogen (secondary N) is 1. The molecular weight excluding hydrogens is 314 g/mol. The SMILES string of the molecule is C=C(C)COc1ccc(NC(=O)C(CC)Oc2ccccc2C)cc1. The Morgan fingerprint density at radius 1 is 1.16 bits per heavy atom. The van der Waals surface area contributed by atoms with Crippen LogP contribution in [0.2, 0.25) is 0 Å². The van der Waals surface area contributed by atoms with Crippen LogP contribution >= 0.6 is 0 Å². The molecule has 0 radical (unpaired) electrons. The third kappa shape index (κ3) is 5.68. The molecule has 0 aliphatic heterocycles. The largest absolute Gasteiger partial charge is 0.489 e. The molecule has 4 heteroatoms. The lowest BCUT2D eigenvalue weighted by atomic mass is 10.2. The summed E-state index contributed by atoms with van der Waals surface area (Å²) in [4.78, 5) is 12.5. The predicted octanol–water partition coefficient (Wildman–Crippen LogP) is 4.75. The van der Waals surface area contributed by atoms with E-state index in [2.05, 4.69) is 11.9 Å². The van der Waals surface area contributed by atoms with Gasteiger partial charge in [0.1, 0.15) is 18.1 Å². The number of carbonyl (C=O) groups is 1. The smallest absolute Gasteiger partial charge is 0.265 e. The number of benzene rings is 2. The van der Waals surface area contributed by atoms with E-state index in [1.54, 1.807) is 0 Å². The molecule has 1 unspecified atom stereocenters. The van der Waals surface area contributed by atoms with Crippen molar-refractivity contribution in [1.29, 1.82) is 0 Å². The van der Waals surface area contributed by atoms with Gasteiger partial charge in [-0.3, -0.25) is 4.79 Å². The predicted molar refractivity (Wildman–Crippen MR) is 101 cm³/mol. The molecule has 0 bridgehead atoms. The molecule has 0 aromatic heterocycles. The molecule has 2 aromatic carbocycles. The van der Waals surface area contributed by atoms with E-state index >= 15 is 0 Å². The molecule has 1 atom stereocenters. The zero-order valence-electron chi connectivity index (χ0n) is 15.0. The molecular formula is C21H25NO3. The molecule has 0 spiro atoms. The zero-order valence-corrected chi connectivity index (χ0v) is 15.0. The van der Waals surface area contributed by atoms with Gasteiger partial charge < -0.3 is 14.8 Å². The Morgan fingerprint density at radius 3 is 2.44 bits per heavy atom. The van der Waals surface area contributed by atoms with Crippen molar-refractivity contribution in [2.75, 3.05) is 11.9 Å². The molecule has 2 rings (SSSR count). The molecule has 132 valence electrons. The number of amides is 1. The second-order valence-corrected chi connectivity index (χ2v) is 6.04. The van der Waals surface area contributed by atoms with E-state index in [4.69, 9.17) is 9.47 Å². The Labute approximate surface area is 149 Å². The fourth-order valence-electron chi connectivity index (χ4n) is 2.23. The first-order valence-corrected chi connectivity index (χ1v) is 8.40. The van der Waals surface area contributed by atoms with Crippen LogP contribution in [0.5, 0.6) is 11.5 Å². The summed E-state index contributed by atoms with van der Waals surface area (Å²) in [6.07, 6.45) is 0.0420. The van der Waals surface area contributed by atoms with Gasteiger partial charge in [0.2, 0.25) is 0 Å². The van der Waals surface area contributed by atoms with Crippen LogP contribution in [0, 0.1) is 6.92 Å². The normalized spacial score (nSPS) is 11.5. The van der Waals surface area contributed by atoms with Gasteiger partial charge in [-0.25, -0.2) is 0 Å². The minimum Gasteiger partial charge on any atom is -0.489 e. The highest BCUT2D eigenvalue weighted by Gasteiger charge is 2.19. The third-order valence-corrected chi connectivity index (χ3v) is 3.63. The van der Waals surface area contributed by atoms with Crippen molar-refractivity contribution >= 4 is 11.6 Å². The van der Waals surface area contributed by atoms with E-state index in [0.29, 0.717) is 18.7 Å². The van der Waals surface area contributed by atoms with Gasteiger partial charge in [0.15, 0.2) is 6.10 Å². The maximum Gasteiger partial charge on any atom is 0.265 e. The first-order valence-electron chi connectivity index (χ1n) is 8.40. The van der Waals surface area contributed by atoms with Gasteiger partial charge in [0.05, 0.1) is 0 Å². The van der Waals surface area contributed by atoms with Crippen molar-refractivity contribution in [2.24, 2.45) is 0 Å². The van der Waals surface area contributed by atoms with Crippen molar-refractivity contribution in [3.05, 3.63) is 66.2 Å². The summed E-state index contributed by atoms with van der Waals surface area (Å²) in [6.45, 7) is 10.1. The second kappa shape index (κ2) is 8.92. The van der Waals surface area contributed by atoms with Crippen molar-refractivity contribution < 1.29 is 14.3 Å². The van der Waals surface area contributed by atoms with Crippen LogP contribution in [0.4, 0.5) is 5.69 Å². The topological polar surface area (TPSA) is 47.6 Å². The summed E-state index contributed by atoms with van der Waals surface area (Å²) < 4.78 is 11.4. The summed E-state index contributed by atoms with van der Waals surface area (Å²) in [6, 6.07) is 14.9. The Hall–Kier alpha value is -2.75. The molecule has 0 aliphatic carbocycles. The third-order valence-electron chi connectivity index (χ3n) is 3.63. The number of carbonyl (C=O) groups excluding carboxylic acids is 1. The summed E-state index contributed by atoms with van der Waals surface area (Å²) in [5.41, 5.74) is 2.67. The lowest BCUT2D eigenvalue weighted by Gasteiger charge is -2.18. The van der Waals surface area contributed by atoms with Crippen molar-refractivity contribution in [2.45, 2.75) is 33.3 Å². The summed E-state index contributed by atoms with van der Waals surface area (Å²) in [7, 11) is 0. The summed E-state index contributed by atoms with van der Waals surface area (Å²) >= 11 is 0. The molecule has 0 saturated carbocycles. The average molecular weight is 339 g/mol. The maximum absolute atomic E-state index is 12.5. The number of hydrogen-bond acceptors (Lipinski definition) is 3. The number of rotatable bonds is 8. The maximum atomic E-state index is 12.5. The number of ether oxygens (including phenoxy) is 2. The fourth-order valence-corrected chi connectivity index (χ4v) is 2.23. The van der Waals surface area contributed by atoms with Gasteiger partial charge in [-0.05, 0) is 61.7 Å². The standard InChI is InChI=1S/C21H25NO3/c1-5-19(25-20-9-7-6-8-16(20)4)21(23)22-17-10-12-18(13-11-17)24-14-15(2)3/h6-13,19H,2,5,14H2,1,3-4H3,(H,22,23). The first kappa shape index (κ1) is 18.6. The Bertz CT molecular complexity index is 722. The van der Waals surface area contributed by atoms with Crippen LogP contribution in [0.25, 0.3) is 0 Å². The first-order chi connectivity index (χ1) is 12.0. The fraction of sp³-hybridized carbons (Fsp3) is 0.286. The van der Waals surface area contributed by atoms with E-state index in [1.807, 2.05) is 69.3 Å². The highest BCUT2D eigenvalue weighted by molar-refractivity contribution is 5.94. The average Bonchev–Trinajstić information content (AvgIpc) is 2.60. The summed E-state index contributed by atoms with van der Waals surface area (Å²) in [5.74, 6) is 1.30. The Morgan fingerprint density at radius 2 is 1.84 bits per heavy atom. The van der Waals surface area contributed by atoms with E-state index < -0.39 is 6.10 Å². The van der Waals surface area contributed by atoms with Crippen LogP contribution in [-0.2, 0) is 4.79 Å².